The number of fused-ring (bicyclic) bond motifs is 1. The molecular formula is C15H14BrClN2. The Morgan fingerprint density at radius 3 is 3.00 bits per heavy atom. The summed E-state index contributed by atoms with van der Waals surface area (Å²) in [6, 6.07) is 12.3. The van der Waals surface area contributed by atoms with Crippen molar-refractivity contribution in [2.45, 2.75) is 13.0 Å². The zero-order valence-corrected chi connectivity index (χ0v) is 12.7. The maximum Gasteiger partial charge on any atom is 0.0648 e. The smallest absolute Gasteiger partial charge is 0.0648 e. The minimum absolute atomic E-state index is 0.731. The summed E-state index contributed by atoms with van der Waals surface area (Å²) >= 11 is 9.62. The predicted molar refractivity (Wildman–Crippen MR) is 85.1 cm³/mol. The molecule has 0 saturated heterocycles. The van der Waals surface area contributed by atoms with E-state index in [1.54, 1.807) is 0 Å². The van der Waals surface area contributed by atoms with Crippen LogP contribution in [0, 0.1) is 0 Å². The minimum Gasteiger partial charge on any atom is -0.384 e. The fourth-order valence-corrected chi connectivity index (χ4v) is 3.12. The first-order valence-corrected chi connectivity index (χ1v) is 7.45. The number of hydrogen-bond acceptors (Lipinski definition) is 2. The van der Waals surface area contributed by atoms with Crippen LogP contribution in [0.2, 0.25) is 5.02 Å². The molecule has 4 heteroatoms. The second kappa shape index (κ2) is 5.43. The van der Waals surface area contributed by atoms with E-state index in [-0.39, 0.29) is 0 Å². The summed E-state index contributed by atoms with van der Waals surface area (Å²) in [5, 5.41) is 7.57. The highest BCUT2D eigenvalue weighted by Gasteiger charge is 2.13. The molecule has 2 aromatic rings. The third-order valence-electron chi connectivity index (χ3n) is 3.33. The fourth-order valence-electron chi connectivity index (χ4n) is 2.38. The van der Waals surface area contributed by atoms with Gasteiger partial charge >= 0.3 is 0 Å². The molecule has 0 radical (unpaired) electrons. The number of anilines is 2. The molecule has 1 heterocycles. The quantitative estimate of drug-likeness (QED) is 0.849. The van der Waals surface area contributed by atoms with Crippen LogP contribution >= 0.6 is 27.5 Å². The van der Waals surface area contributed by atoms with E-state index in [4.69, 9.17) is 11.6 Å². The Kier molecular flexibility index (Phi) is 3.67. The normalized spacial score (nSPS) is 12.9. The van der Waals surface area contributed by atoms with E-state index >= 15 is 0 Å². The average molecular weight is 338 g/mol. The van der Waals surface area contributed by atoms with Gasteiger partial charge in [0.15, 0.2) is 0 Å². The van der Waals surface area contributed by atoms with Gasteiger partial charge in [0.2, 0.25) is 0 Å². The molecule has 0 spiro atoms. The molecule has 98 valence electrons. The van der Waals surface area contributed by atoms with Crippen molar-refractivity contribution in [2.24, 2.45) is 0 Å². The second-order valence-corrected chi connectivity index (χ2v) is 5.93. The highest BCUT2D eigenvalue weighted by atomic mass is 79.9. The molecular weight excluding hydrogens is 324 g/mol. The van der Waals surface area contributed by atoms with Crippen molar-refractivity contribution in [2.75, 3.05) is 17.2 Å². The average Bonchev–Trinajstić information content (AvgIpc) is 2.86. The van der Waals surface area contributed by atoms with Crippen LogP contribution < -0.4 is 10.6 Å². The summed E-state index contributed by atoms with van der Waals surface area (Å²) in [6.45, 7) is 1.81. The third kappa shape index (κ3) is 2.72. The van der Waals surface area contributed by atoms with E-state index in [0.29, 0.717) is 0 Å². The zero-order valence-electron chi connectivity index (χ0n) is 10.3. The first-order valence-electron chi connectivity index (χ1n) is 6.27. The van der Waals surface area contributed by atoms with Crippen molar-refractivity contribution < 1.29 is 0 Å². The minimum atomic E-state index is 0.731. The molecule has 0 amide bonds. The van der Waals surface area contributed by atoms with Gasteiger partial charge in [-0.15, -0.1) is 0 Å². The molecule has 2 nitrogen and oxygen atoms in total. The van der Waals surface area contributed by atoms with Crippen molar-refractivity contribution >= 4 is 38.9 Å². The van der Waals surface area contributed by atoms with Gasteiger partial charge in [-0.25, -0.2) is 0 Å². The standard InChI is InChI=1S/C15H14BrClN2/c16-12-4-5-14(13(17)8-12)19-9-11-3-1-2-10-6-7-18-15(10)11/h1-5,8,18-19H,6-7,9H2. The maximum absolute atomic E-state index is 6.20. The van der Waals surface area contributed by atoms with E-state index in [1.165, 1.54) is 16.8 Å². The number of benzene rings is 2. The highest BCUT2D eigenvalue weighted by molar-refractivity contribution is 9.10. The monoisotopic (exact) mass is 336 g/mol. The van der Waals surface area contributed by atoms with Gasteiger partial charge in [-0.05, 0) is 35.7 Å². The lowest BCUT2D eigenvalue weighted by molar-refractivity contribution is 1.11. The number of rotatable bonds is 3. The number of para-hydroxylation sites is 1. The maximum atomic E-state index is 6.20. The van der Waals surface area contributed by atoms with E-state index in [1.807, 2.05) is 18.2 Å². The van der Waals surface area contributed by atoms with E-state index < -0.39 is 0 Å². The van der Waals surface area contributed by atoms with Crippen LogP contribution in [0.25, 0.3) is 0 Å². The molecule has 0 aromatic heterocycles. The second-order valence-electron chi connectivity index (χ2n) is 4.61. The van der Waals surface area contributed by atoms with Gasteiger partial charge in [0.1, 0.15) is 0 Å². The summed E-state index contributed by atoms with van der Waals surface area (Å²) < 4.78 is 0.991. The van der Waals surface area contributed by atoms with Gasteiger partial charge in [0.25, 0.3) is 0 Å². The summed E-state index contributed by atoms with van der Waals surface area (Å²) in [5.41, 5.74) is 4.93. The zero-order chi connectivity index (χ0) is 13.2. The molecule has 1 aliphatic rings. The van der Waals surface area contributed by atoms with Gasteiger partial charge in [-0.2, -0.15) is 0 Å². The Balaban J connectivity index is 1.78. The summed E-state index contributed by atoms with van der Waals surface area (Å²) in [4.78, 5) is 0. The lowest BCUT2D eigenvalue weighted by atomic mass is 10.1. The SMILES string of the molecule is Clc1cc(Br)ccc1NCc1cccc2c1NCC2. The van der Waals surface area contributed by atoms with Crippen LogP contribution in [0.1, 0.15) is 11.1 Å². The van der Waals surface area contributed by atoms with Gasteiger partial charge in [-0.1, -0.05) is 45.7 Å². The van der Waals surface area contributed by atoms with Crippen molar-refractivity contribution in [3.63, 3.8) is 0 Å². The molecule has 0 unspecified atom stereocenters. The molecule has 0 saturated carbocycles. The summed E-state index contributed by atoms with van der Waals surface area (Å²) in [6.07, 6.45) is 1.11. The van der Waals surface area contributed by atoms with Gasteiger partial charge < -0.3 is 10.6 Å². The lowest BCUT2D eigenvalue weighted by Crippen LogP contribution is -2.03. The lowest BCUT2D eigenvalue weighted by Gasteiger charge is -2.12. The Bertz CT molecular complexity index is 613. The Hall–Kier alpha value is -1.19. The molecule has 0 fully saturated rings. The van der Waals surface area contributed by atoms with E-state index in [9.17, 15) is 0 Å². The first kappa shape index (κ1) is 12.8. The van der Waals surface area contributed by atoms with Crippen LogP contribution in [-0.2, 0) is 13.0 Å². The Morgan fingerprint density at radius 2 is 2.16 bits per heavy atom. The fraction of sp³-hybridized carbons (Fsp3) is 0.200. The largest absolute Gasteiger partial charge is 0.384 e. The summed E-state index contributed by atoms with van der Waals surface area (Å²) in [7, 11) is 0. The molecule has 19 heavy (non-hydrogen) atoms. The van der Waals surface area contributed by atoms with Crippen LogP contribution in [0.5, 0.6) is 0 Å². The number of hydrogen-bond donors (Lipinski definition) is 2. The van der Waals surface area contributed by atoms with Gasteiger partial charge in [0, 0.05) is 23.2 Å². The molecule has 0 atom stereocenters. The van der Waals surface area contributed by atoms with Crippen molar-refractivity contribution in [3.05, 3.63) is 57.0 Å². The van der Waals surface area contributed by atoms with Crippen molar-refractivity contribution in [3.8, 4) is 0 Å². The van der Waals surface area contributed by atoms with E-state index in [2.05, 4.69) is 44.8 Å². The topological polar surface area (TPSA) is 24.1 Å². The van der Waals surface area contributed by atoms with Crippen LogP contribution in [-0.4, -0.2) is 6.54 Å². The molecule has 1 aliphatic heterocycles. The van der Waals surface area contributed by atoms with Crippen LogP contribution in [0.15, 0.2) is 40.9 Å². The van der Waals surface area contributed by atoms with Crippen molar-refractivity contribution in [1.82, 2.24) is 0 Å². The summed E-state index contributed by atoms with van der Waals surface area (Å²) in [5.74, 6) is 0. The van der Waals surface area contributed by atoms with Crippen LogP contribution in [0.3, 0.4) is 0 Å². The Morgan fingerprint density at radius 1 is 1.26 bits per heavy atom. The highest BCUT2D eigenvalue weighted by Crippen LogP contribution is 2.29. The molecule has 0 aliphatic carbocycles. The number of halogens is 2. The first-order chi connectivity index (χ1) is 9.24. The van der Waals surface area contributed by atoms with Crippen LogP contribution in [0.4, 0.5) is 11.4 Å². The van der Waals surface area contributed by atoms with Gasteiger partial charge in [0.05, 0.1) is 10.7 Å². The Labute approximate surface area is 126 Å². The molecule has 0 bridgehead atoms. The van der Waals surface area contributed by atoms with Crippen molar-refractivity contribution in [1.29, 1.82) is 0 Å². The third-order valence-corrected chi connectivity index (χ3v) is 4.14. The van der Waals surface area contributed by atoms with E-state index in [0.717, 1.165) is 34.7 Å². The molecule has 2 aromatic carbocycles. The van der Waals surface area contributed by atoms with Gasteiger partial charge in [-0.3, -0.25) is 0 Å². The predicted octanol–water partition coefficient (Wildman–Crippen LogP) is 4.68. The molecule has 2 N–H and O–H groups in total. The molecule has 3 rings (SSSR count). The number of nitrogens with one attached hydrogen (secondary N) is 2.